The lowest BCUT2D eigenvalue weighted by Gasteiger charge is -2.16. The molecular formula is C13H14N4O2. The number of aromatic nitrogens is 2. The minimum atomic E-state index is -0.0554. The Kier molecular flexibility index (Phi) is 3.14. The molecule has 2 amide bonds. The van der Waals surface area contributed by atoms with Crippen molar-refractivity contribution in [3.8, 4) is 11.5 Å². The van der Waals surface area contributed by atoms with Crippen LogP contribution in [0.3, 0.4) is 0 Å². The van der Waals surface area contributed by atoms with E-state index in [2.05, 4.69) is 15.5 Å². The van der Waals surface area contributed by atoms with Crippen LogP contribution in [0.2, 0.25) is 0 Å². The molecular weight excluding hydrogens is 244 g/mol. The van der Waals surface area contributed by atoms with Crippen molar-refractivity contribution in [3.05, 3.63) is 30.7 Å². The van der Waals surface area contributed by atoms with Gasteiger partial charge in [-0.3, -0.25) is 0 Å². The average Bonchev–Trinajstić information content (AvgIpc) is 3.13. The molecule has 1 aromatic carbocycles. The van der Waals surface area contributed by atoms with Gasteiger partial charge in [0.15, 0.2) is 0 Å². The van der Waals surface area contributed by atoms with Crippen LogP contribution in [0.5, 0.6) is 0 Å². The summed E-state index contributed by atoms with van der Waals surface area (Å²) in [7, 11) is 0. The summed E-state index contributed by atoms with van der Waals surface area (Å²) in [6, 6.07) is 7.31. The summed E-state index contributed by atoms with van der Waals surface area (Å²) in [5.41, 5.74) is 1.52. The van der Waals surface area contributed by atoms with Gasteiger partial charge in [-0.05, 0) is 31.0 Å². The second-order valence-electron chi connectivity index (χ2n) is 4.45. The smallest absolute Gasteiger partial charge is 0.321 e. The summed E-state index contributed by atoms with van der Waals surface area (Å²) in [5.74, 6) is 0.442. The summed E-state index contributed by atoms with van der Waals surface area (Å²) >= 11 is 0. The molecule has 98 valence electrons. The normalized spacial score (nSPS) is 14.6. The highest BCUT2D eigenvalue weighted by atomic mass is 16.4. The van der Waals surface area contributed by atoms with E-state index in [4.69, 9.17) is 4.42 Å². The third-order valence-corrected chi connectivity index (χ3v) is 3.11. The van der Waals surface area contributed by atoms with Crippen LogP contribution in [-0.4, -0.2) is 34.2 Å². The van der Waals surface area contributed by atoms with Gasteiger partial charge in [0.25, 0.3) is 0 Å². The van der Waals surface area contributed by atoms with Gasteiger partial charge in [-0.2, -0.15) is 0 Å². The highest BCUT2D eigenvalue weighted by Crippen LogP contribution is 2.21. The lowest BCUT2D eigenvalue weighted by Crippen LogP contribution is -2.32. The third-order valence-electron chi connectivity index (χ3n) is 3.11. The highest BCUT2D eigenvalue weighted by molar-refractivity contribution is 5.90. The maximum absolute atomic E-state index is 12.0. The number of nitrogens with one attached hydrogen (secondary N) is 1. The van der Waals surface area contributed by atoms with Gasteiger partial charge in [0, 0.05) is 24.3 Å². The maximum Gasteiger partial charge on any atom is 0.321 e. The fourth-order valence-electron chi connectivity index (χ4n) is 2.15. The van der Waals surface area contributed by atoms with Crippen molar-refractivity contribution in [3.63, 3.8) is 0 Å². The van der Waals surface area contributed by atoms with E-state index >= 15 is 0 Å². The molecule has 1 N–H and O–H groups in total. The lowest BCUT2D eigenvalue weighted by atomic mass is 10.2. The average molecular weight is 258 g/mol. The molecule has 0 atom stereocenters. The van der Waals surface area contributed by atoms with Crippen molar-refractivity contribution in [2.45, 2.75) is 12.8 Å². The first-order valence-corrected chi connectivity index (χ1v) is 6.25. The molecule has 0 radical (unpaired) electrons. The van der Waals surface area contributed by atoms with Crippen LogP contribution in [0.15, 0.2) is 35.1 Å². The Morgan fingerprint density at radius 3 is 2.89 bits per heavy atom. The minimum Gasteiger partial charge on any atom is -0.423 e. The van der Waals surface area contributed by atoms with Crippen LogP contribution in [0.25, 0.3) is 11.5 Å². The van der Waals surface area contributed by atoms with E-state index in [1.165, 1.54) is 6.39 Å². The topological polar surface area (TPSA) is 71.3 Å². The maximum atomic E-state index is 12.0. The molecule has 1 aromatic heterocycles. The number of likely N-dealkylation sites (tertiary alicyclic amines) is 1. The van der Waals surface area contributed by atoms with Gasteiger partial charge >= 0.3 is 6.03 Å². The Labute approximate surface area is 110 Å². The number of urea groups is 1. The Morgan fingerprint density at radius 1 is 1.32 bits per heavy atom. The lowest BCUT2D eigenvalue weighted by molar-refractivity contribution is 0.222. The second kappa shape index (κ2) is 5.09. The summed E-state index contributed by atoms with van der Waals surface area (Å²) in [5, 5.41) is 10.4. The van der Waals surface area contributed by atoms with Crippen LogP contribution in [-0.2, 0) is 0 Å². The van der Waals surface area contributed by atoms with E-state index in [1.807, 2.05) is 29.2 Å². The van der Waals surface area contributed by atoms with E-state index in [9.17, 15) is 4.79 Å². The second-order valence-corrected chi connectivity index (χ2v) is 4.45. The standard InChI is InChI=1S/C13H14N4O2/c18-13(17-6-1-2-7-17)15-11-5-3-4-10(8-11)12-16-14-9-19-12/h3-5,8-9H,1-2,6-7H2,(H,15,18). The molecule has 2 heterocycles. The molecule has 0 aliphatic carbocycles. The fraction of sp³-hybridized carbons (Fsp3) is 0.308. The van der Waals surface area contributed by atoms with Gasteiger partial charge in [0.2, 0.25) is 12.3 Å². The van der Waals surface area contributed by atoms with Gasteiger partial charge in [-0.1, -0.05) is 6.07 Å². The van der Waals surface area contributed by atoms with Crippen molar-refractivity contribution < 1.29 is 9.21 Å². The molecule has 3 rings (SSSR count). The van der Waals surface area contributed by atoms with Gasteiger partial charge in [-0.25, -0.2) is 4.79 Å². The van der Waals surface area contributed by atoms with Crippen molar-refractivity contribution in [1.82, 2.24) is 15.1 Å². The molecule has 6 heteroatoms. The van der Waals surface area contributed by atoms with Crippen LogP contribution in [0.4, 0.5) is 10.5 Å². The largest absolute Gasteiger partial charge is 0.423 e. The van der Waals surface area contributed by atoms with Gasteiger partial charge in [0.05, 0.1) is 0 Å². The fourth-order valence-corrected chi connectivity index (χ4v) is 2.15. The Morgan fingerprint density at radius 2 is 2.16 bits per heavy atom. The van der Waals surface area contributed by atoms with E-state index < -0.39 is 0 Å². The number of rotatable bonds is 2. The predicted molar refractivity (Wildman–Crippen MR) is 69.6 cm³/mol. The van der Waals surface area contributed by atoms with Crippen LogP contribution in [0, 0.1) is 0 Å². The van der Waals surface area contributed by atoms with Crippen molar-refractivity contribution in [1.29, 1.82) is 0 Å². The van der Waals surface area contributed by atoms with E-state index in [0.717, 1.165) is 37.2 Å². The summed E-state index contributed by atoms with van der Waals surface area (Å²) in [6.07, 6.45) is 3.44. The molecule has 1 aliphatic heterocycles. The zero-order valence-corrected chi connectivity index (χ0v) is 10.4. The van der Waals surface area contributed by atoms with Gasteiger partial charge in [0.1, 0.15) is 0 Å². The first-order valence-electron chi connectivity index (χ1n) is 6.25. The number of hydrogen-bond acceptors (Lipinski definition) is 4. The Balaban J connectivity index is 1.74. The first kappa shape index (κ1) is 11.7. The van der Waals surface area contributed by atoms with Crippen molar-refractivity contribution in [2.24, 2.45) is 0 Å². The monoisotopic (exact) mass is 258 g/mol. The van der Waals surface area contributed by atoms with Gasteiger partial charge < -0.3 is 14.6 Å². The molecule has 0 bridgehead atoms. The zero-order chi connectivity index (χ0) is 13.1. The molecule has 6 nitrogen and oxygen atoms in total. The minimum absolute atomic E-state index is 0.0554. The van der Waals surface area contributed by atoms with Crippen LogP contribution >= 0.6 is 0 Å². The summed E-state index contributed by atoms with van der Waals surface area (Å²) in [6.45, 7) is 1.66. The molecule has 2 aromatic rings. The van der Waals surface area contributed by atoms with E-state index in [-0.39, 0.29) is 6.03 Å². The first-order chi connectivity index (χ1) is 9.33. The Bertz CT molecular complexity index is 562. The number of nitrogens with zero attached hydrogens (tertiary/aromatic N) is 3. The third kappa shape index (κ3) is 2.57. The van der Waals surface area contributed by atoms with Crippen LogP contribution in [0.1, 0.15) is 12.8 Å². The van der Waals surface area contributed by atoms with Gasteiger partial charge in [-0.15, -0.1) is 10.2 Å². The number of carbonyl (C=O) groups is 1. The van der Waals surface area contributed by atoms with E-state index in [1.54, 1.807) is 0 Å². The number of benzene rings is 1. The molecule has 1 fully saturated rings. The molecule has 0 spiro atoms. The number of anilines is 1. The molecule has 0 saturated carbocycles. The number of carbonyl (C=O) groups excluding carboxylic acids is 1. The quantitative estimate of drug-likeness (QED) is 0.897. The molecule has 1 saturated heterocycles. The SMILES string of the molecule is O=C(Nc1cccc(-c2nnco2)c1)N1CCCC1. The predicted octanol–water partition coefficient (Wildman–Crippen LogP) is 2.36. The molecule has 19 heavy (non-hydrogen) atoms. The summed E-state index contributed by atoms with van der Waals surface area (Å²) in [4.78, 5) is 13.8. The highest BCUT2D eigenvalue weighted by Gasteiger charge is 2.17. The van der Waals surface area contributed by atoms with Crippen molar-refractivity contribution in [2.75, 3.05) is 18.4 Å². The zero-order valence-electron chi connectivity index (χ0n) is 10.4. The molecule has 0 unspecified atom stereocenters. The van der Waals surface area contributed by atoms with Crippen LogP contribution < -0.4 is 5.32 Å². The van der Waals surface area contributed by atoms with Crippen molar-refractivity contribution >= 4 is 11.7 Å². The Hall–Kier alpha value is -2.37. The van der Waals surface area contributed by atoms with E-state index in [0.29, 0.717) is 5.89 Å². The number of hydrogen-bond donors (Lipinski definition) is 1. The summed E-state index contributed by atoms with van der Waals surface area (Å²) < 4.78 is 5.13. The molecule has 1 aliphatic rings. The number of amides is 2.